The van der Waals surface area contributed by atoms with Gasteiger partial charge in [-0.2, -0.15) is 0 Å². The number of anilines is 2. The summed E-state index contributed by atoms with van der Waals surface area (Å²) in [6.07, 6.45) is 1.74. The second-order valence-corrected chi connectivity index (χ2v) is 9.79. The van der Waals surface area contributed by atoms with Gasteiger partial charge in [-0.1, -0.05) is 97.1 Å². The van der Waals surface area contributed by atoms with Crippen LogP contribution in [0.5, 0.6) is 0 Å². The summed E-state index contributed by atoms with van der Waals surface area (Å²) in [5.41, 5.74) is 5.75. The molecule has 4 aromatic rings. The number of amides is 2. The van der Waals surface area contributed by atoms with Crippen LogP contribution in [-0.4, -0.2) is 11.8 Å². The van der Waals surface area contributed by atoms with Crippen molar-refractivity contribution in [2.24, 2.45) is 11.8 Å². The minimum Gasteiger partial charge on any atom is -0.325 e. The van der Waals surface area contributed by atoms with Crippen LogP contribution in [-0.2, 0) is 9.59 Å². The average molecular weight is 473 g/mol. The molecule has 4 atom stereocenters. The maximum absolute atomic E-state index is 13.1. The Labute approximate surface area is 211 Å². The van der Waals surface area contributed by atoms with E-state index in [-0.39, 0.29) is 35.5 Å². The molecule has 178 valence electrons. The summed E-state index contributed by atoms with van der Waals surface area (Å²) in [6.45, 7) is 0. The molecular weight excluding hydrogens is 444 g/mol. The zero-order valence-corrected chi connectivity index (χ0v) is 19.9. The average Bonchev–Trinajstić information content (AvgIpc) is 3.84. The molecule has 2 fully saturated rings. The Balaban J connectivity index is 1.18. The van der Waals surface area contributed by atoms with E-state index in [0.717, 1.165) is 35.3 Å². The van der Waals surface area contributed by atoms with E-state index in [9.17, 15) is 9.59 Å². The Morgan fingerprint density at radius 1 is 0.500 bits per heavy atom. The quantitative estimate of drug-likeness (QED) is 0.309. The van der Waals surface area contributed by atoms with Gasteiger partial charge in [0.25, 0.3) is 0 Å². The van der Waals surface area contributed by atoms with Gasteiger partial charge in [-0.15, -0.1) is 0 Å². The summed E-state index contributed by atoms with van der Waals surface area (Å²) < 4.78 is 0. The number of para-hydroxylation sites is 2. The number of rotatable bonds is 7. The molecule has 4 heteroatoms. The maximum atomic E-state index is 13.1. The first-order valence-electron chi connectivity index (χ1n) is 12.6. The van der Waals surface area contributed by atoms with Crippen LogP contribution in [0.15, 0.2) is 109 Å². The first-order valence-corrected chi connectivity index (χ1v) is 12.6. The zero-order valence-electron chi connectivity index (χ0n) is 19.9. The maximum Gasteiger partial charge on any atom is 0.228 e. The Kier molecular flexibility index (Phi) is 5.86. The fraction of sp³-hybridized carbons (Fsp3) is 0.188. The van der Waals surface area contributed by atoms with Crippen molar-refractivity contribution in [3.05, 3.63) is 120 Å². The van der Waals surface area contributed by atoms with E-state index in [1.54, 1.807) is 0 Å². The summed E-state index contributed by atoms with van der Waals surface area (Å²) in [5, 5.41) is 6.33. The van der Waals surface area contributed by atoms with Gasteiger partial charge >= 0.3 is 0 Å². The van der Waals surface area contributed by atoms with Crippen molar-refractivity contribution in [2.75, 3.05) is 10.6 Å². The van der Waals surface area contributed by atoms with Gasteiger partial charge in [0.05, 0.1) is 0 Å². The summed E-state index contributed by atoms with van der Waals surface area (Å²) in [4.78, 5) is 26.2. The molecule has 4 aromatic carbocycles. The third kappa shape index (κ3) is 4.55. The van der Waals surface area contributed by atoms with Crippen LogP contribution in [0.2, 0.25) is 0 Å². The minimum absolute atomic E-state index is 0.0137. The van der Waals surface area contributed by atoms with Crippen LogP contribution in [0.25, 0.3) is 11.1 Å². The van der Waals surface area contributed by atoms with Crippen LogP contribution < -0.4 is 10.6 Å². The molecule has 2 aliphatic rings. The molecule has 2 N–H and O–H groups in total. The molecule has 0 spiro atoms. The van der Waals surface area contributed by atoms with Crippen LogP contribution in [0, 0.1) is 11.8 Å². The normalized spacial score (nSPS) is 21.9. The Morgan fingerprint density at radius 2 is 0.861 bits per heavy atom. The van der Waals surface area contributed by atoms with Crippen molar-refractivity contribution in [3.63, 3.8) is 0 Å². The highest BCUT2D eigenvalue weighted by Crippen LogP contribution is 2.49. The van der Waals surface area contributed by atoms with Crippen molar-refractivity contribution >= 4 is 23.2 Å². The predicted molar refractivity (Wildman–Crippen MR) is 144 cm³/mol. The molecule has 0 bridgehead atoms. The first kappa shape index (κ1) is 22.3. The highest BCUT2D eigenvalue weighted by Gasteiger charge is 2.45. The molecule has 0 saturated heterocycles. The Bertz CT molecular complexity index is 1290. The fourth-order valence-corrected chi connectivity index (χ4v) is 5.21. The lowest BCUT2D eigenvalue weighted by molar-refractivity contribution is -0.118. The third-order valence-electron chi connectivity index (χ3n) is 7.37. The van der Waals surface area contributed by atoms with E-state index >= 15 is 0 Å². The lowest BCUT2D eigenvalue weighted by Gasteiger charge is -2.15. The SMILES string of the molecule is O=C(Nc1ccccc1-c1ccccc1NC(=O)[C@@H]1C[C@@H]1c1ccccc1)[C@@H]1C[C@@H]1c1ccccc1. The topological polar surface area (TPSA) is 58.2 Å². The highest BCUT2D eigenvalue weighted by molar-refractivity contribution is 6.03. The monoisotopic (exact) mass is 472 g/mol. The van der Waals surface area contributed by atoms with E-state index in [2.05, 4.69) is 34.9 Å². The largest absolute Gasteiger partial charge is 0.325 e. The van der Waals surface area contributed by atoms with Gasteiger partial charge in [0.2, 0.25) is 11.8 Å². The standard InChI is InChI=1S/C32H28N2O2/c35-31(27-19-25(27)21-11-3-1-4-12-21)33-29-17-9-7-15-23(29)24-16-8-10-18-30(24)34-32(36)28-20-26(28)22-13-5-2-6-14-22/h1-18,25-28H,19-20H2,(H,33,35)(H,34,36)/t25-,26-,27-,28-/m1/s1. The molecule has 0 radical (unpaired) electrons. The summed E-state index contributed by atoms with van der Waals surface area (Å²) in [7, 11) is 0. The second-order valence-electron chi connectivity index (χ2n) is 9.79. The van der Waals surface area contributed by atoms with Gasteiger partial charge in [0, 0.05) is 34.3 Å². The molecular formula is C32H28N2O2. The van der Waals surface area contributed by atoms with Crippen molar-refractivity contribution in [1.29, 1.82) is 0 Å². The van der Waals surface area contributed by atoms with Gasteiger partial charge in [0.1, 0.15) is 0 Å². The smallest absolute Gasteiger partial charge is 0.228 e. The lowest BCUT2D eigenvalue weighted by atomic mass is 10.0. The molecule has 0 aromatic heterocycles. The van der Waals surface area contributed by atoms with Crippen LogP contribution >= 0.6 is 0 Å². The molecule has 0 aliphatic heterocycles. The van der Waals surface area contributed by atoms with Crippen molar-refractivity contribution < 1.29 is 9.59 Å². The van der Waals surface area contributed by atoms with E-state index in [4.69, 9.17) is 0 Å². The van der Waals surface area contributed by atoms with Crippen molar-refractivity contribution in [2.45, 2.75) is 24.7 Å². The number of hydrogen-bond donors (Lipinski definition) is 2. The van der Waals surface area contributed by atoms with Gasteiger partial charge in [0.15, 0.2) is 0 Å². The highest BCUT2D eigenvalue weighted by atomic mass is 16.2. The van der Waals surface area contributed by atoms with E-state index in [1.807, 2.05) is 84.9 Å². The van der Waals surface area contributed by atoms with Crippen LogP contribution in [0.4, 0.5) is 11.4 Å². The zero-order chi connectivity index (χ0) is 24.5. The molecule has 2 aliphatic carbocycles. The molecule has 4 nitrogen and oxygen atoms in total. The molecule has 0 unspecified atom stereocenters. The van der Waals surface area contributed by atoms with E-state index in [1.165, 1.54) is 11.1 Å². The van der Waals surface area contributed by atoms with Crippen molar-refractivity contribution in [3.8, 4) is 11.1 Å². The third-order valence-corrected chi connectivity index (χ3v) is 7.37. The number of nitrogens with one attached hydrogen (secondary N) is 2. The molecule has 2 saturated carbocycles. The lowest BCUT2D eigenvalue weighted by Crippen LogP contribution is -2.16. The van der Waals surface area contributed by atoms with E-state index in [0.29, 0.717) is 0 Å². The molecule has 2 amide bonds. The number of benzene rings is 4. The van der Waals surface area contributed by atoms with Crippen molar-refractivity contribution in [1.82, 2.24) is 0 Å². The predicted octanol–water partition coefficient (Wildman–Crippen LogP) is 6.84. The van der Waals surface area contributed by atoms with Gasteiger partial charge in [-0.3, -0.25) is 9.59 Å². The van der Waals surface area contributed by atoms with E-state index < -0.39 is 0 Å². The first-order chi connectivity index (χ1) is 17.7. The minimum atomic E-state index is -0.0137. The molecule has 6 rings (SSSR count). The van der Waals surface area contributed by atoms with Gasteiger partial charge in [-0.05, 0) is 47.9 Å². The molecule has 36 heavy (non-hydrogen) atoms. The van der Waals surface area contributed by atoms with Crippen LogP contribution in [0.1, 0.15) is 35.8 Å². The number of carbonyl (C=O) groups excluding carboxylic acids is 2. The summed E-state index contributed by atoms with van der Waals surface area (Å²) in [6, 6.07) is 36.1. The number of carbonyl (C=O) groups is 2. The Morgan fingerprint density at radius 3 is 1.28 bits per heavy atom. The van der Waals surface area contributed by atoms with Gasteiger partial charge in [-0.25, -0.2) is 0 Å². The number of hydrogen-bond acceptors (Lipinski definition) is 2. The van der Waals surface area contributed by atoms with Gasteiger partial charge < -0.3 is 10.6 Å². The summed E-state index contributed by atoms with van der Waals surface area (Å²) >= 11 is 0. The summed E-state index contributed by atoms with van der Waals surface area (Å²) in [5.74, 6) is 0.616. The fourth-order valence-electron chi connectivity index (χ4n) is 5.21. The Hall–Kier alpha value is -4.18. The second kappa shape index (κ2) is 9.46. The van der Waals surface area contributed by atoms with Crippen LogP contribution in [0.3, 0.4) is 0 Å². The molecule has 0 heterocycles.